The molecule has 0 atom stereocenters. The van der Waals surface area contributed by atoms with Gasteiger partial charge in [-0.25, -0.2) is 0 Å². The molecular formula is C23H25BrN2O4. The third-order valence-electron chi connectivity index (χ3n) is 5.03. The fourth-order valence-electron chi connectivity index (χ4n) is 3.43. The van der Waals surface area contributed by atoms with Crippen molar-refractivity contribution in [3.8, 4) is 11.5 Å². The lowest BCUT2D eigenvalue weighted by Crippen LogP contribution is -2.36. The second-order valence-corrected chi connectivity index (χ2v) is 7.81. The molecule has 2 aromatic rings. The van der Waals surface area contributed by atoms with E-state index in [1.165, 1.54) is 0 Å². The summed E-state index contributed by atoms with van der Waals surface area (Å²) in [5, 5.41) is 0. The Morgan fingerprint density at radius 2 is 1.63 bits per heavy atom. The highest BCUT2D eigenvalue weighted by atomic mass is 79.9. The Morgan fingerprint density at radius 1 is 0.933 bits per heavy atom. The van der Waals surface area contributed by atoms with Crippen molar-refractivity contribution in [1.82, 2.24) is 9.80 Å². The van der Waals surface area contributed by atoms with Crippen LogP contribution >= 0.6 is 15.9 Å². The minimum atomic E-state index is -0.0800. The number of ether oxygens (including phenoxy) is 2. The minimum absolute atomic E-state index is 0.0730. The summed E-state index contributed by atoms with van der Waals surface area (Å²) in [5.74, 6) is 1.11. The van der Waals surface area contributed by atoms with Gasteiger partial charge in [0.1, 0.15) is 11.5 Å². The van der Waals surface area contributed by atoms with E-state index in [9.17, 15) is 9.59 Å². The van der Waals surface area contributed by atoms with Gasteiger partial charge in [0.25, 0.3) is 5.91 Å². The van der Waals surface area contributed by atoms with E-state index in [1.807, 2.05) is 30.3 Å². The van der Waals surface area contributed by atoms with E-state index in [0.29, 0.717) is 43.2 Å². The third kappa shape index (κ3) is 5.21. The minimum Gasteiger partial charge on any atom is -0.496 e. The number of nitrogens with zero attached hydrogens (tertiary/aromatic N) is 2. The van der Waals surface area contributed by atoms with Crippen LogP contribution in [0.5, 0.6) is 11.5 Å². The van der Waals surface area contributed by atoms with Crippen LogP contribution in [0.2, 0.25) is 0 Å². The van der Waals surface area contributed by atoms with Crippen molar-refractivity contribution in [3.05, 3.63) is 64.1 Å². The Labute approximate surface area is 185 Å². The molecule has 6 nitrogen and oxygen atoms in total. The van der Waals surface area contributed by atoms with Crippen LogP contribution in [0.25, 0.3) is 6.08 Å². The van der Waals surface area contributed by atoms with Crippen LogP contribution in [0.15, 0.2) is 53.0 Å². The number of carbonyl (C=O) groups is 2. The van der Waals surface area contributed by atoms with Crippen LogP contribution in [-0.2, 0) is 4.79 Å². The van der Waals surface area contributed by atoms with Crippen LogP contribution < -0.4 is 9.47 Å². The number of benzene rings is 2. The van der Waals surface area contributed by atoms with E-state index in [0.717, 1.165) is 16.5 Å². The van der Waals surface area contributed by atoms with Gasteiger partial charge in [0.05, 0.1) is 19.8 Å². The van der Waals surface area contributed by atoms with E-state index in [-0.39, 0.29) is 11.8 Å². The zero-order chi connectivity index (χ0) is 21.5. The normalized spacial score (nSPS) is 14.5. The van der Waals surface area contributed by atoms with Gasteiger partial charge in [-0.3, -0.25) is 9.59 Å². The van der Waals surface area contributed by atoms with Gasteiger partial charge >= 0.3 is 0 Å². The summed E-state index contributed by atoms with van der Waals surface area (Å²) < 4.78 is 11.6. The second-order valence-electron chi connectivity index (χ2n) is 6.89. The first-order valence-corrected chi connectivity index (χ1v) is 10.6. The van der Waals surface area contributed by atoms with Crippen molar-refractivity contribution in [2.75, 3.05) is 40.4 Å². The molecule has 0 bridgehead atoms. The number of halogens is 1. The van der Waals surface area contributed by atoms with Gasteiger partial charge in [0, 0.05) is 42.3 Å². The Kier molecular flexibility index (Phi) is 7.52. The van der Waals surface area contributed by atoms with Gasteiger partial charge < -0.3 is 19.3 Å². The smallest absolute Gasteiger partial charge is 0.257 e. The van der Waals surface area contributed by atoms with Gasteiger partial charge in [-0.2, -0.15) is 0 Å². The first-order chi connectivity index (χ1) is 14.5. The fraction of sp³-hybridized carbons (Fsp3) is 0.304. The highest BCUT2D eigenvalue weighted by Crippen LogP contribution is 2.24. The number of methoxy groups -OCH3 is 2. The Bertz CT molecular complexity index is 945. The topological polar surface area (TPSA) is 59.1 Å². The fourth-order valence-corrected chi connectivity index (χ4v) is 3.81. The number of para-hydroxylation sites is 1. The quantitative estimate of drug-likeness (QED) is 0.620. The number of amides is 2. The summed E-state index contributed by atoms with van der Waals surface area (Å²) in [6.07, 6.45) is 4.04. The lowest BCUT2D eigenvalue weighted by Gasteiger charge is -2.22. The lowest BCUT2D eigenvalue weighted by atomic mass is 10.1. The van der Waals surface area contributed by atoms with E-state index in [4.69, 9.17) is 9.47 Å². The monoisotopic (exact) mass is 472 g/mol. The molecule has 1 aliphatic rings. The molecule has 0 N–H and O–H groups in total. The van der Waals surface area contributed by atoms with Crippen molar-refractivity contribution < 1.29 is 19.1 Å². The van der Waals surface area contributed by atoms with Crippen molar-refractivity contribution in [1.29, 1.82) is 0 Å². The van der Waals surface area contributed by atoms with Crippen molar-refractivity contribution in [2.24, 2.45) is 0 Å². The zero-order valence-corrected chi connectivity index (χ0v) is 18.7. The third-order valence-corrected chi connectivity index (χ3v) is 5.52. The Morgan fingerprint density at radius 3 is 2.40 bits per heavy atom. The highest BCUT2D eigenvalue weighted by molar-refractivity contribution is 9.10. The molecule has 1 heterocycles. The first kappa shape index (κ1) is 21.9. The van der Waals surface area contributed by atoms with Crippen molar-refractivity contribution in [2.45, 2.75) is 6.42 Å². The SMILES string of the molecule is COc1ccc(Br)cc1/C=C/C(=O)N1CCCN(C(=O)c2ccccc2OC)CC1. The maximum atomic E-state index is 12.9. The predicted octanol–water partition coefficient (Wildman–Crippen LogP) is 3.85. The van der Waals surface area contributed by atoms with E-state index in [1.54, 1.807) is 48.3 Å². The van der Waals surface area contributed by atoms with Gasteiger partial charge in [-0.15, -0.1) is 0 Å². The van der Waals surface area contributed by atoms with E-state index in [2.05, 4.69) is 15.9 Å². The largest absolute Gasteiger partial charge is 0.496 e. The number of hydrogen-bond donors (Lipinski definition) is 0. The number of rotatable bonds is 5. The van der Waals surface area contributed by atoms with Crippen LogP contribution in [0, 0.1) is 0 Å². The second kappa shape index (κ2) is 10.3. The number of carbonyl (C=O) groups excluding carboxylic acids is 2. The predicted molar refractivity (Wildman–Crippen MR) is 120 cm³/mol. The molecule has 1 aliphatic heterocycles. The average Bonchev–Trinajstić information content (AvgIpc) is 3.03. The van der Waals surface area contributed by atoms with Gasteiger partial charge in [-0.05, 0) is 42.8 Å². The molecule has 3 rings (SSSR count). The van der Waals surface area contributed by atoms with Crippen LogP contribution in [-0.4, -0.2) is 62.0 Å². The summed E-state index contributed by atoms with van der Waals surface area (Å²) in [5.41, 5.74) is 1.37. The average molecular weight is 473 g/mol. The Hall–Kier alpha value is -2.80. The van der Waals surface area contributed by atoms with Gasteiger partial charge in [0.2, 0.25) is 5.91 Å². The molecular weight excluding hydrogens is 448 g/mol. The highest BCUT2D eigenvalue weighted by Gasteiger charge is 2.23. The van der Waals surface area contributed by atoms with Crippen molar-refractivity contribution >= 4 is 33.8 Å². The van der Waals surface area contributed by atoms with Crippen LogP contribution in [0.1, 0.15) is 22.3 Å². The molecule has 158 valence electrons. The van der Waals surface area contributed by atoms with Gasteiger partial charge in [0.15, 0.2) is 0 Å². The van der Waals surface area contributed by atoms with Crippen LogP contribution in [0.4, 0.5) is 0 Å². The molecule has 0 saturated carbocycles. The molecule has 0 aliphatic carbocycles. The molecule has 2 aromatic carbocycles. The molecule has 30 heavy (non-hydrogen) atoms. The zero-order valence-electron chi connectivity index (χ0n) is 17.1. The Balaban J connectivity index is 1.65. The molecule has 0 spiro atoms. The molecule has 0 radical (unpaired) electrons. The number of hydrogen-bond acceptors (Lipinski definition) is 4. The summed E-state index contributed by atoms with van der Waals surface area (Å²) in [4.78, 5) is 29.2. The molecule has 0 aromatic heterocycles. The molecule has 1 saturated heterocycles. The summed E-state index contributed by atoms with van der Waals surface area (Å²) in [6, 6.07) is 12.8. The lowest BCUT2D eigenvalue weighted by molar-refractivity contribution is -0.125. The molecule has 7 heteroatoms. The summed E-state index contributed by atoms with van der Waals surface area (Å²) >= 11 is 3.44. The van der Waals surface area contributed by atoms with E-state index >= 15 is 0 Å². The molecule has 0 unspecified atom stereocenters. The van der Waals surface area contributed by atoms with Crippen molar-refractivity contribution in [3.63, 3.8) is 0 Å². The first-order valence-electron chi connectivity index (χ1n) is 9.76. The maximum absolute atomic E-state index is 12.9. The van der Waals surface area contributed by atoms with Crippen LogP contribution in [0.3, 0.4) is 0 Å². The van der Waals surface area contributed by atoms with E-state index < -0.39 is 0 Å². The summed E-state index contributed by atoms with van der Waals surface area (Å²) in [7, 11) is 3.16. The maximum Gasteiger partial charge on any atom is 0.257 e. The molecule has 2 amide bonds. The molecule has 1 fully saturated rings. The van der Waals surface area contributed by atoms with Gasteiger partial charge in [-0.1, -0.05) is 28.1 Å². The standard InChI is InChI=1S/C23H25BrN2O4/c1-29-20-10-9-18(24)16-17(20)8-11-22(27)25-12-5-13-26(15-14-25)23(28)19-6-3-4-7-21(19)30-2/h3-4,6-11,16H,5,12-15H2,1-2H3/b11-8+. The summed E-state index contributed by atoms with van der Waals surface area (Å²) in [6.45, 7) is 2.18.